The van der Waals surface area contributed by atoms with Gasteiger partial charge in [0.2, 0.25) is 0 Å². The minimum Gasteiger partial charge on any atom is -0.505 e. The minimum absolute atomic E-state index is 0.0713. The van der Waals surface area contributed by atoms with E-state index in [1.54, 1.807) is 6.07 Å². The molecule has 5 N–H and O–H groups in total. The van der Waals surface area contributed by atoms with Crippen LogP contribution in [-0.4, -0.2) is 59.3 Å². The van der Waals surface area contributed by atoms with Gasteiger partial charge in [-0.2, -0.15) is 0 Å². The second-order valence-corrected chi connectivity index (χ2v) is 16.8. The van der Waals surface area contributed by atoms with Crippen molar-refractivity contribution in [2.24, 2.45) is 11.8 Å². The van der Waals surface area contributed by atoms with Gasteiger partial charge < -0.3 is 35.4 Å². The van der Waals surface area contributed by atoms with Crippen molar-refractivity contribution in [3.8, 4) is 17.2 Å². The average Bonchev–Trinajstić information content (AvgIpc) is 4.03. The lowest BCUT2D eigenvalue weighted by atomic mass is 9.77. The highest BCUT2D eigenvalue weighted by Crippen LogP contribution is 2.58. The number of carboxylic acids is 2. The van der Waals surface area contributed by atoms with E-state index >= 15 is 4.79 Å². The number of aromatic hydroxyl groups is 1. The second-order valence-electron chi connectivity index (χ2n) is 16.8. The molecule has 296 valence electrons. The summed E-state index contributed by atoms with van der Waals surface area (Å²) in [5.41, 5.74) is 2.72. The predicted molar refractivity (Wildman–Crippen MR) is 219 cm³/mol. The number of hydrogen-bond acceptors (Lipinski definition) is 10. The molecule has 3 fully saturated rings. The summed E-state index contributed by atoms with van der Waals surface area (Å²) in [5.74, 6) is -3.13. The van der Waals surface area contributed by atoms with E-state index in [0.29, 0.717) is 128 Å². The van der Waals surface area contributed by atoms with Crippen molar-refractivity contribution < 1.29 is 39.2 Å². The predicted octanol–water partition coefficient (Wildman–Crippen LogP) is 7.70. The molecule has 0 heterocycles. The van der Waals surface area contributed by atoms with E-state index in [4.69, 9.17) is 9.47 Å². The van der Waals surface area contributed by atoms with Gasteiger partial charge in [-0.3, -0.25) is 24.0 Å². The Balaban J connectivity index is 1.45. The summed E-state index contributed by atoms with van der Waals surface area (Å²) >= 11 is 0. The van der Waals surface area contributed by atoms with Crippen LogP contribution in [0.3, 0.4) is 0 Å². The maximum atomic E-state index is 15.4. The molecule has 57 heavy (non-hydrogen) atoms. The first-order valence-corrected chi connectivity index (χ1v) is 20.0. The molecule has 0 aromatic heterocycles. The summed E-state index contributed by atoms with van der Waals surface area (Å²) in [5, 5.41) is 42.7. The molecule has 1 unspecified atom stereocenters. The number of phenolic OH excluding ortho intramolecular Hbond substituents is 1. The number of Topliss-reactive ketones (excluding diaryl/α,β-unsaturated/α-hetero) is 1. The van der Waals surface area contributed by atoms with E-state index in [2.05, 4.69) is 10.6 Å². The highest BCUT2D eigenvalue weighted by molar-refractivity contribution is 6.40. The molecule has 3 saturated carbocycles. The third-order valence-electron chi connectivity index (χ3n) is 13.4. The summed E-state index contributed by atoms with van der Waals surface area (Å²) in [6.45, 7) is 3.40. The molecule has 12 nitrogen and oxygen atoms in total. The van der Waals surface area contributed by atoms with E-state index in [-0.39, 0.29) is 46.1 Å². The molecular formula is C45H46N2O10. The van der Waals surface area contributed by atoms with Crippen LogP contribution in [0.1, 0.15) is 107 Å². The van der Waals surface area contributed by atoms with Crippen LogP contribution in [-0.2, 0) is 14.4 Å². The minimum atomic E-state index is -0.829. The summed E-state index contributed by atoms with van der Waals surface area (Å²) < 4.78 is 12.1. The number of aliphatic carboxylic acids is 2. The molecular weight excluding hydrogens is 728 g/mol. The van der Waals surface area contributed by atoms with E-state index in [9.17, 15) is 34.5 Å². The molecule has 0 aliphatic heterocycles. The van der Waals surface area contributed by atoms with Gasteiger partial charge in [0.05, 0.1) is 48.4 Å². The highest BCUT2D eigenvalue weighted by Gasteiger charge is 2.41. The van der Waals surface area contributed by atoms with Gasteiger partial charge in [-0.1, -0.05) is 11.6 Å². The quantitative estimate of drug-likeness (QED) is 0.0529. The van der Waals surface area contributed by atoms with Gasteiger partial charge in [0.15, 0.2) is 16.6 Å². The Morgan fingerprint density at radius 1 is 0.667 bits per heavy atom. The van der Waals surface area contributed by atoms with Crippen molar-refractivity contribution in [1.82, 2.24) is 0 Å². The van der Waals surface area contributed by atoms with Gasteiger partial charge in [0, 0.05) is 68.0 Å². The largest absolute Gasteiger partial charge is 0.505 e. The number of benzene rings is 5. The number of hydrogen-bond donors (Lipinski definition) is 5. The van der Waals surface area contributed by atoms with Crippen molar-refractivity contribution >= 4 is 78.3 Å². The number of phenols is 1. The van der Waals surface area contributed by atoms with Gasteiger partial charge in [-0.05, 0) is 94.9 Å². The van der Waals surface area contributed by atoms with Gasteiger partial charge in [0.1, 0.15) is 17.3 Å². The lowest BCUT2D eigenvalue weighted by Crippen LogP contribution is -2.30. The van der Waals surface area contributed by atoms with Gasteiger partial charge in [0.25, 0.3) is 0 Å². The first-order chi connectivity index (χ1) is 27.3. The fourth-order valence-corrected chi connectivity index (χ4v) is 10.6. The van der Waals surface area contributed by atoms with Crippen molar-refractivity contribution in [3.63, 3.8) is 0 Å². The number of carbonyl (C=O) groups is 3. The van der Waals surface area contributed by atoms with E-state index in [1.807, 2.05) is 13.0 Å². The van der Waals surface area contributed by atoms with Crippen LogP contribution in [0, 0.1) is 11.8 Å². The number of methoxy groups -OCH3 is 2. The van der Waals surface area contributed by atoms with Crippen LogP contribution in [0.15, 0.2) is 27.3 Å². The fourth-order valence-electron chi connectivity index (χ4n) is 10.6. The molecule has 1 atom stereocenters. The van der Waals surface area contributed by atoms with Gasteiger partial charge in [-0.25, -0.2) is 0 Å². The molecule has 0 radical (unpaired) electrons. The van der Waals surface area contributed by atoms with Crippen LogP contribution in [0.2, 0.25) is 0 Å². The van der Waals surface area contributed by atoms with E-state index in [1.165, 1.54) is 27.2 Å². The number of carbonyl (C=O) groups excluding carboxylic acids is 1. The zero-order valence-electron chi connectivity index (χ0n) is 32.5. The number of allylic oxidation sites excluding steroid dienone is 1. The fraction of sp³-hybridized carbons (Fsp3) is 0.444. The second kappa shape index (κ2) is 13.5. The molecule has 0 bridgehead atoms. The SMILES string of the molecule is COc1cc(=O)c2c(O)c(NC3CCC(C(=O)O)CC3)c3c4c5c(c(C6CC6)c(=O)c6c(NC7CCC(C(=O)O)CC7)cc(OC)c(c1c24)c65)C(C(C)=O)C(C)=C3. The average molecular weight is 775 g/mol. The van der Waals surface area contributed by atoms with Crippen LogP contribution >= 0.6 is 0 Å². The van der Waals surface area contributed by atoms with Crippen molar-refractivity contribution in [3.05, 3.63) is 54.8 Å². The Hall–Kier alpha value is -5.65. The topological polar surface area (TPSA) is 189 Å². The Morgan fingerprint density at radius 2 is 1.21 bits per heavy atom. The molecule has 0 saturated heterocycles. The smallest absolute Gasteiger partial charge is 0.306 e. The summed E-state index contributed by atoms with van der Waals surface area (Å²) in [4.78, 5) is 67.3. The van der Waals surface area contributed by atoms with Crippen molar-refractivity contribution in [1.29, 1.82) is 0 Å². The van der Waals surface area contributed by atoms with Crippen molar-refractivity contribution in [2.45, 2.75) is 102 Å². The van der Waals surface area contributed by atoms with E-state index < -0.39 is 35.1 Å². The number of rotatable bonds is 10. The monoisotopic (exact) mass is 774 g/mol. The maximum absolute atomic E-state index is 15.4. The molecule has 4 aliphatic carbocycles. The van der Waals surface area contributed by atoms with E-state index in [0.717, 1.165) is 12.8 Å². The van der Waals surface area contributed by atoms with Crippen LogP contribution in [0.25, 0.3) is 49.2 Å². The first-order valence-electron chi connectivity index (χ1n) is 20.0. The molecule has 5 aromatic carbocycles. The van der Waals surface area contributed by atoms with Gasteiger partial charge in [-0.15, -0.1) is 0 Å². The Kier molecular flexibility index (Phi) is 8.74. The third-order valence-corrected chi connectivity index (χ3v) is 13.4. The number of anilines is 2. The summed E-state index contributed by atoms with van der Waals surface area (Å²) in [7, 11) is 3.01. The number of carboxylic acid groups (broad SMARTS) is 2. The first kappa shape index (κ1) is 37.0. The zero-order valence-corrected chi connectivity index (χ0v) is 32.5. The zero-order chi connectivity index (χ0) is 40.2. The van der Waals surface area contributed by atoms with Crippen LogP contribution in [0.5, 0.6) is 17.2 Å². The molecule has 9 rings (SSSR count). The number of ether oxygens (including phenoxy) is 2. The molecule has 12 heteroatoms. The lowest BCUT2D eigenvalue weighted by molar-refractivity contribution is -0.143. The molecule has 0 amide bonds. The molecule has 5 aromatic rings. The highest BCUT2D eigenvalue weighted by atomic mass is 16.5. The van der Waals surface area contributed by atoms with Crippen molar-refractivity contribution in [2.75, 3.05) is 24.9 Å². The number of fused-ring (bicyclic) bond motifs is 1. The van der Waals surface area contributed by atoms with Crippen LogP contribution < -0.4 is 31.0 Å². The lowest BCUT2D eigenvalue weighted by Gasteiger charge is -2.30. The standard InChI is InChI=1S/C45H46N2O10/c1-18-15-25-32-38-34(43(51)41(25)47-24-13-9-22(10-14-24)45(54)55)27(49)17-29(57-4)36(38)35-28(56-3)16-26(46-23-11-7-21(8-12-23)44(52)53)33-40(35)39(32)37(30(18)19(2)48)31(42(33)50)20-5-6-20/h15-17,20-24,30,46-47,51H,5-14H2,1-4H3,(H,52,53)(H,54,55). The normalized spacial score (nSPS) is 23.5. The third kappa shape index (κ3) is 5.57. The summed E-state index contributed by atoms with van der Waals surface area (Å²) in [6.07, 6.45) is 7.66. The van der Waals surface area contributed by atoms with Gasteiger partial charge >= 0.3 is 11.9 Å². The summed E-state index contributed by atoms with van der Waals surface area (Å²) in [6, 6.07) is 2.85. The maximum Gasteiger partial charge on any atom is 0.306 e. The Morgan fingerprint density at radius 3 is 1.74 bits per heavy atom. The van der Waals surface area contributed by atoms with Crippen LogP contribution in [0.4, 0.5) is 11.4 Å². The Bertz CT molecular complexity index is 2700. The number of ketones is 1. The molecule has 0 spiro atoms. The molecule has 4 aliphatic rings. The number of nitrogens with one attached hydrogen (secondary N) is 2. The Labute approximate surface area is 327 Å².